The van der Waals surface area contributed by atoms with E-state index in [9.17, 15) is 5.11 Å². The zero-order chi connectivity index (χ0) is 17.7. The molecule has 132 valence electrons. The number of aliphatic hydroxyl groups is 1. The third-order valence-electron chi connectivity index (χ3n) is 5.10. The van der Waals surface area contributed by atoms with E-state index in [1.54, 1.807) is 0 Å². The number of nitrogens with zero attached hydrogens (tertiary/aromatic N) is 5. The van der Waals surface area contributed by atoms with Crippen LogP contribution in [0.1, 0.15) is 30.4 Å². The van der Waals surface area contributed by atoms with Crippen molar-refractivity contribution in [1.29, 1.82) is 0 Å². The van der Waals surface area contributed by atoms with Gasteiger partial charge in [0.1, 0.15) is 23.0 Å². The summed E-state index contributed by atoms with van der Waals surface area (Å²) in [5.41, 5.74) is 4.37. The van der Waals surface area contributed by atoms with E-state index in [0.29, 0.717) is 5.69 Å². The van der Waals surface area contributed by atoms with Crippen molar-refractivity contribution in [3.05, 3.63) is 29.2 Å². The molecule has 1 aliphatic rings. The van der Waals surface area contributed by atoms with Crippen molar-refractivity contribution >= 4 is 11.5 Å². The van der Waals surface area contributed by atoms with E-state index in [1.807, 2.05) is 30.5 Å². The lowest BCUT2D eigenvalue weighted by Gasteiger charge is -2.36. The van der Waals surface area contributed by atoms with Gasteiger partial charge in [0.15, 0.2) is 5.65 Å². The monoisotopic (exact) mass is 341 g/mol. The Bertz CT molecular complexity index is 929. The molecule has 2 unspecified atom stereocenters. The van der Waals surface area contributed by atoms with Gasteiger partial charge >= 0.3 is 0 Å². The number of rotatable bonds is 2. The predicted molar refractivity (Wildman–Crippen MR) is 94.7 cm³/mol. The van der Waals surface area contributed by atoms with Crippen LogP contribution >= 0.6 is 0 Å². The molecule has 1 saturated heterocycles. The topological polar surface area (TPSA) is 79.7 Å². The highest BCUT2D eigenvalue weighted by Crippen LogP contribution is 2.30. The zero-order valence-corrected chi connectivity index (χ0v) is 15.0. The van der Waals surface area contributed by atoms with Gasteiger partial charge in [0.05, 0.1) is 6.10 Å². The first kappa shape index (κ1) is 16.1. The van der Waals surface area contributed by atoms with Gasteiger partial charge in [-0.25, -0.2) is 4.98 Å². The third kappa shape index (κ3) is 2.68. The molecule has 3 aromatic heterocycles. The molecule has 1 fully saturated rings. The van der Waals surface area contributed by atoms with E-state index in [1.165, 1.54) is 0 Å². The molecule has 0 aliphatic carbocycles. The van der Waals surface area contributed by atoms with E-state index in [-0.39, 0.29) is 12.0 Å². The first-order chi connectivity index (χ1) is 11.9. The molecule has 3 aromatic rings. The van der Waals surface area contributed by atoms with Gasteiger partial charge in [-0.2, -0.15) is 9.61 Å². The smallest absolute Gasteiger partial charge is 0.158 e. The van der Waals surface area contributed by atoms with Gasteiger partial charge < -0.3 is 14.5 Å². The maximum atomic E-state index is 10.1. The molecular formula is C18H23N5O2. The largest absolute Gasteiger partial charge is 0.393 e. The second kappa shape index (κ2) is 5.84. The normalized spacial score (nSPS) is 21.2. The second-order valence-electron chi connectivity index (χ2n) is 7.05. The zero-order valence-electron chi connectivity index (χ0n) is 15.0. The van der Waals surface area contributed by atoms with E-state index < -0.39 is 0 Å². The average molecular weight is 341 g/mol. The molecular weight excluding hydrogens is 318 g/mol. The van der Waals surface area contributed by atoms with Crippen molar-refractivity contribution in [1.82, 2.24) is 19.8 Å². The minimum Gasteiger partial charge on any atom is -0.393 e. The van der Waals surface area contributed by atoms with E-state index >= 15 is 0 Å². The van der Waals surface area contributed by atoms with Crippen LogP contribution in [0.15, 0.2) is 16.7 Å². The van der Waals surface area contributed by atoms with Gasteiger partial charge in [-0.05, 0) is 33.1 Å². The van der Waals surface area contributed by atoms with Gasteiger partial charge in [0.25, 0.3) is 0 Å². The molecule has 0 spiro atoms. The van der Waals surface area contributed by atoms with Crippen molar-refractivity contribution in [2.24, 2.45) is 5.92 Å². The van der Waals surface area contributed by atoms with E-state index in [0.717, 1.165) is 53.7 Å². The summed E-state index contributed by atoms with van der Waals surface area (Å²) in [7, 11) is 0. The minimum absolute atomic E-state index is 0.227. The molecule has 7 heteroatoms. The number of hydrogen-bond donors (Lipinski definition) is 1. The lowest BCUT2D eigenvalue weighted by atomic mass is 9.96. The summed E-state index contributed by atoms with van der Waals surface area (Å²) in [6.07, 6.45) is 0.529. The maximum Gasteiger partial charge on any atom is 0.158 e. The van der Waals surface area contributed by atoms with Crippen molar-refractivity contribution in [3.63, 3.8) is 0 Å². The Labute approximate surface area is 146 Å². The molecule has 1 N–H and O–H groups in total. The lowest BCUT2D eigenvalue weighted by Crippen LogP contribution is -2.43. The fourth-order valence-corrected chi connectivity index (χ4v) is 3.49. The number of anilines is 1. The summed E-state index contributed by atoms with van der Waals surface area (Å²) in [6, 6.07) is 3.82. The molecule has 4 rings (SSSR count). The van der Waals surface area contributed by atoms with Gasteiger partial charge in [0.2, 0.25) is 0 Å². The number of hydrogen-bond acceptors (Lipinski definition) is 6. The van der Waals surface area contributed by atoms with Gasteiger partial charge in [-0.1, -0.05) is 12.1 Å². The summed E-state index contributed by atoms with van der Waals surface area (Å²) in [4.78, 5) is 6.99. The highest BCUT2D eigenvalue weighted by atomic mass is 16.5. The van der Waals surface area contributed by atoms with Crippen molar-refractivity contribution < 1.29 is 9.63 Å². The van der Waals surface area contributed by atoms with E-state index in [4.69, 9.17) is 9.62 Å². The Morgan fingerprint density at radius 2 is 2.00 bits per heavy atom. The van der Waals surface area contributed by atoms with Crippen LogP contribution in [0, 0.1) is 26.7 Å². The molecule has 1 aliphatic heterocycles. The number of aromatic nitrogens is 4. The first-order valence-electron chi connectivity index (χ1n) is 8.67. The molecule has 4 heterocycles. The second-order valence-corrected chi connectivity index (χ2v) is 7.05. The lowest BCUT2D eigenvalue weighted by molar-refractivity contribution is 0.0967. The minimum atomic E-state index is -0.235. The summed E-state index contributed by atoms with van der Waals surface area (Å²) in [5, 5.41) is 18.9. The van der Waals surface area contributed by atoms with Gasteiger partial charge in [-0.15, -0.1) is 0 Å². The van der Waals surface area contributed by atoms with E-state index in [2.05, 4.69) is 28.9 Å². The average Bonchev–Trinajstić information content (AvgIpc) is 3.17. The van der Waals surface area contributed by atoms with Crippen LogP contribution < -0.4 is 4.90 Å². The maximum absolute atomic E-state index is 10.1. The fourth-order valence-electron chi connectivity index (χ4n) is 3.49. The molecule has 0 aromatic carbocycles. The Morgan fingerprint density at radius 1 is 1.20 bits per heavy atom. The summed E-state index contributed by atoms with van der Waals surface area (Å²) in [5.74, 6) is 2.03. The van der Waals surface area contributed by atoms with Crippen LogP contribution in [0.3, 0.4) is 0 Å². The summed E-state index contributed by atoms with van der Waals surface area (Å²) in [6.45, 7) is 9.67. The van der Waals surface area contributed by atoms with Crippen molar-refractivity contribution in [2.45, 2.75) is 40.2 Å². The number of piperidine rings is 1. The first-order valence-corrected chi connectivity index (χ1v) is 8.67. The Hall–Kier alpha value is -2.41. The molecule has 7 nitrogen and oxygen atoms in total. The van der Waals surface area contributed by atoms with Crippen LogP contribution in [0.4, 0.5) is 5.82 Å². The highest BCUT2D eigenvalue weighted by Gasteiger charge is 2.28. The van der Waals surface area contributed by atoms with Crippen molar-refractivity contribution in [3.8, 4) is 11.4 Å². The summed E-state index contributed by atoms with van der Waals surface area (Å²) < 4.78 is 7.07. The number of fused-ring (bicyclic) bond motifs is 1. The molecule has 0 bridgehead atoms. The fraction of sp³-hybridized carbons (Fsp3) is 0.500. The predicted octanol–water partition coefficient (Wildman–Crippen LogP) is 2.52. The SMILES string of the molecule is Cc1cc(-c2cc3nc(C)c(C)c(N4CCC(O)C(C)C4)n3n2)no1. The Kier molecular flexibility index (Phi) is 3.76. The molecule has 0 amide bonds. The van der Waals surface area contributed by atoms with Crippen LogP contribution in [-0.2, 0) is 0 Å². The van der Waals surface area contributed by atoms with Crippen LogP contribution in [0.25, 0.3) is 17.0 Å². The molecule has 0 radical (unpaired) electrons. The Morgan fingerprint density at radius 3 is 2.68 bits per heavy atom. The standard InChI is InChI=1S/C18H23N5O2/c1-10-9-22(6-5-16(10)24)18-12(3)13(4)19-17-8-14(20-23(17)18)15-7-11(2)25-21-15/h7-8,10,16,24H,5-6,9H2,1-4H3. The van der Waals surface area contributed by atoms with Crippen molar-refractivity contribution in [2.75, 3.05) is 18.0 Å². The van der Waals surface area contributed by atoms with Gasteiger partial charge in [-0.3, -0.25) is 0 Å². The highest BCUT2D eigenvalue weighted by molar-refractivity contribution is 5.65. The van der Waals surface area contributed by atoms with Crippen LogP contribution in [0.5, 0.6) is 0 Å². The van der Waals surface area contributed by atoms with Crippen LogP contribution in [0.2, 0.25) is 0 Å². The quantitative estimate of drug-likeness (QED) is 0.771. The Balaban J connectivity index is 1.84. The number of aryl methyl sites for hydroxylation is 2. The molecule has 0 saturated carbocycles. The molecule has 25 heavy (non-hydrogen) atoms. The number of aliphatic hydroxyl groups excluding tert-OH is 1. The third-order valence-corrected chi connectivity index (χ3v) is 5.10. The molecule has 2 atom stereocenters. The summed E-state index contributed by atoms with van der Waals surface area (Å²) >= 11 is 0. The van der Waals surface area contributed by atoms with Crippen LogP contribution in [-0.4, -0.2) is 44.1 Å². The van der Waals surface area contributed by atoms with Gasteiger partial charge in [0, 0.05) is 36.5 Å².